The summed E-state index contributed by atoms with van der Waals surface area (Å²) in [6.45, 7) is 12.1. The van der Waals surface area contributed by atoms with E-state index < -0.39 is 5.60 Å². The van der Waals surface area contributed by atoms with Gasteiger partial charge >= 0.3 is 6.09 Å². The minimum absolute atomic E-state index is 0. The van der Waals surface area contributed by atoms with Crippen LogP contribution in [0.15, 0.2) is 9.52 Å². The number of nitrogens with one attached hydrogen (secondary N) is 2. The van der Waals surface area contributed by atoms with Crippen LogP contribution in [-0.2, 0) is 11.2 Å². The zero-order valence-electron chi connectivity index (χ0n) is 16.7. The van der Waals surface area contributed by atoms with Crippen LogP contribution in [-0.4, -0.2) is 64.9 Å². The summed E-state index contributed by atoms with van der Waals surface area (Å²) in [6, 6.07) is 0.180. The van der Waals surface area contributed by atoms with Crippen LogP contribution >= 0.6 is 24.0 Å². The van der Waals surface area contributed by atoms with Crippen molar-refractivity contribution in [3.63, 3.8) is 0 Å². The molecule has 27 heavy (non-hydrogen) atoms. The van der Waals surface area contributed by atoms with Crippen LogP contribution in [0.2, 0.25) is 0 Å². The number of hydrogen-bond acceptors (Lipinski definition) is 6. The molecule has 154 valence electrons. The molecule has 0 unspecified atom stereocenters. The van der Waals surface area contributed by atoms with Crippen LogP contribution < -0.4 is 10.6 Å². The fourth-order valence-corrected chi connectivity index (χ4v) is 2.42. The second-order valence-corrected chi connectivity index (χ2v) is 7.33. The van der Waals surface area contributed by atoms with Gasteiger partial charge in [0.15, 0.2) is 11.8 Å². The summed E-state index contributed by atoms with van der Waals surface area (Å²) >= 11 is 0. The molecule has 1 saturated heterocycles. The zero-order valence-corrected chi connectivity index (χ0v) is 19.1. The van der Waals surface area contributed by atoms with Crippen LogP contribution in [0.25, 0.3) is 0 Å². The first-order valence-electron chi connectivity index (χ1n) is 9.09. The second-order valence-electron chi connectivity index (χ2n) is 7.33. The lowest BCUT2D eigenvalue weighted by atomic mass is 10.1. The number of aromatic nitrogens is 2. The van der Waals surface area contributed by atoms with E-state index in [1.807, 2.05) is 27.7 Å². The van der Waals surface area contributed by atoms with E-state index in [4.69, 9.17) is 9.26 Å². The summed E-state index contributed by atoms with van der Waals surface area (Å²) in [7, 11) is 0. The maximum absolute atomic E-state index is 12.0. The number of nitrogens with zero attached hydrogens (tertiary/aromatic N) is 4. The van der Waals surface area contributed by atoms with Crippen LogP contribution in [0.5, 0.6) is 0 Å². The summed E-state index contributed by atoms with van der Waals surface area (Å²) in [5.41, 5.74) is -0.469. The van der Waals surface area contributed by atoms with Gasteiger partial charge in [0, 0.05) is 32.6 Å². The van der Waals surface area contributed by atoms with E-state index in [-0.39, 0.29) is 36.1 Å². The van der Waals surface area contributed by atoms with Gasteiger partial charge in [0.1, 0.15) is 5.60 Å². The van der Waals surface area contributed by atoms with E-state index in [2.05, 4.69) is 25.8 Å². The normalized spacial score (nSPS) is 15.0. The van der Waals surface area contributed by atoms with Gasteiger partial charge < -0.3 is 24.8 Å². The molecule has 1 aliphatic heterocycles. The first-order valence-corrected chi connectivity index (χ1v) is 9.09. The Morgan fingerprint density at radius 1 is 1.41 bits per heavy atom. The Bertz CT molecular complexity index is 622. The SMILES string of the molecule is CCNC(=NCCCc1nc(C)no1)NC1CN(C(=O)OC(C)(C)C)C1.I. The first-order chi connectivity index (χ1) is 12.3. The molecule has 2 N–H and O–H groups in total. The van der Waals surface area contributed by atoms with Crippen molar-refractivity contribution in [1.82, 2.24) is 25.7 Å². The lowest BCUT2D eigenvalue weighted by Crippen LogP contribution is -2.63. The largest absolute Gasteiger partial charge is 0.444 e. The lowest BCUT2D eigenvalue weighted by molar-refractivity contribution is 0.00701. The summed E-state index contributed by atoms with van der Waals surface area (Å²) in [5.74, 6) is 2.05. The number of carbonyl (C=O) groups is 1. The minimum atomic E-state index is -0.469. The van der Waals surface area contributed by atoms with Gasteiger partial charge in [-0.2, -0.15) is 4.98 Å². The Kier molecular flexibility index (Phi) is 9.27. The smallest absolute Gasteiger partial charge is 0.410 e. The Morgan fingerprint density at radius 3 is 2.67 bits per heavy atom. The zero-order chi connectivity index (χ0) is 19.2. The quantitative estimate of drug-likeness (QED) is 0.270. The van der Waals surface area contributed by atoms with Crippen molar-refractivity contribution in [3.8, 4) is 0 Å². The van der Waals surface area contributed by atoms with Crippen molar-refractivity contribution in [1.29, 1.82) is 0 Å². The van der Waals surface area contributed by atoms with Gasteiger partial charge in [0.25, 0.3) is 0 Å². The van der Waals surface area contributed by atoms with E-state index in [0.717, 1.165) is 18.9 Å². The van der Waals surface area contributed by atoms with Gasteiger partial charge in [-0.3, -0.25) is 4.99 Å². The molecule has 0 atom stereocenters. The highest BCUT2D eigenvalue weighted by Gasteiger charge is 2.34. The number of ether oxygens (including phenoxy) is 1. The number of hydrogen-bond donors (Lipinski definition) is 2. The number of halogens is 1. The molecule has 1 aromatic heterocycles. The number of carbonyl (C=O) groups excluding carboxylic acids is 1. The summed E-state index contributed by atoms with van der Waals surface area (Å²) in [4.78, 5) is 22.4. The molecule has 0 aliphatic carbocycles. The minimum Gasteiger partial charge on any atom is -0.444 e. The Labute approximate surface area is 177 Å². The Morgan fingerprint density at radius 2 is 2.11 bits per heavy atom. The number of rotatable bonds is 6. The molecule has 1 aromatic rings. The standard InChI is InChI=1S/C17H30N6O3.HI/c1-6-18-15(19-9-7-8-14-20-12(2)22-26-14)21-13-10-23(11-13)16(24)25-17(3,4)5;/h13H,6-11H2,1-5H3,(H2,18,19,21);1H. The average Bonchev–Trinajstić information content (AvgIpc) is 2.90. The molecule has 2 rings (SSSR count). The van der Waals surface area contributed by atoms with E-state index >= 15 is 0 Å². The molecule has 0 aromatic carbocycles. The van der Waals surface area contributed by atoms with E-state index in [1.54, 1.807) is 11.8 Å². The molecule has 0 radical (unpaired) electrons. The molecule has 2 heterocycles. The number of guanidine groups is 1. The molecule has 1 aliphatic rings. The monoisotopic (exact) mass is 494 g/mol. The van der Waals surface area contributed by atoms with Gasteiger partial charge in [-0.25, -0.2) is 4.79 Å². The number of likely N-dealkylation sites (tertiary alicyclic amines) is 1. The maximum Gasteiger partial charge on any atom is 0.410 e. The lowest BCUT2D eigenvalue weighted by Gasteiger charge is -2.40. The molecule has 0 spiro atoms. The van der Waals surface area contributed by atoms with Gasteiger partial charge in [0.05, 0.1) is 6.04 Å². The molecule has 0 bridgehead atoms. The highest BCUT2D eigenvalue weighted by Crippen LogP contribution is 2.15. The fraction of sp³-hybridized carbons (Fsp3) is 0.765. The van der Waals surface area contributed by atoms with Crippen LogP contribution in [0.4, 0.5) is 4.79 Å². The Hall–Kier alpha value is -1.59. The molecule has 0 saturated carbocycles. The molecule has 1 fully saturated rings. The van der Waals surface area contributed by atoms with Gasteiger partial charge in [0.2, 0.25) is 5.89 Å². The average molecular weight is 494 g/mol. The van der Waals surface area contributed by atoms with Crippen molar-refractivity contribution < 1.29 is 14.1 Å². The van der Waals surface area contributed by atoms with Crippen LogP contribution in [0.1, 0.15) is 45.8 Å². The predicted molar refractivity (Wildman–Crippen MR) is 113 cm³/mol. The van der Waals surface area contributed by atoms with Gasteiger partial charge in [-0.05, 0) is 41.0 Å². The topological polar surface area (TPSA) is 105 Å². The maximum atomic E-state index is 12.0. The van der Waals surface area contributed by atoms with Crippen molar-refractivity contribution in [2.45, 2.75) is 59.1 Å². The van der Waals surface area contributed by atoms with Crippen LogP contribution in [0, 0.1) is 6.92 Å². The summed E-state index contributed by atoms with van der Waals surface area (Å²) in [6.07, 6.45) is 1.26. The van der Waals surface area contributed by atoms with Crippen molar-refractivity contribution in [2.24, 2.45) is 4.99 Å². The van der Waals surface area contributed by atoms with Gasteiger partial charge in [-0.15, -0.1) is 24.0 Å². The predicted octanol–water partition coefficient (Wildman–Crippen LogP) is 2.10. The van der Waals surface area contributed by atoms with Crippen molar-refractivity contribution in [3.05, 3.63) is 11.7 Å². The first kappa shape index (κ1) is 23.4. The van der Waals surface area contributed by atoms with E-state index in [9.17, 15) is 4.79 Å². The second kappa shape index (κ2) is 10.7. The third kappa shape index (κ3) is 8.31. The third-order valence-electron chi connectivity index (χ3n) is 3.61. The summed E-state index contributed by atoms with van der Waals surface area (Å²) < 4.78 is 10.4. The van der Waals surface area contributed by atoms with E-state index in [1.165, 1.54) is 0 Å². The summed E-state index contributed by atoms with van der Waals surface area (Å²) in [5, 5.41) is 10.3. The number of amides is 1. The van der Waals surface area contributed by atoms with Crippen LogP contribution in [0.3, 0.4) is 0 Å². The fourth-order valence-electron chi connectivity index (χ4n) is 2.42. The number of aryl methyl sites for hydroxylation is 2. The van der Waals surface area contributed by atoms with E-state index in [0.29, 0.717) is 37.8 Å². The van der Waals surface area contributed by atoms with Crippen molar-refractivity contribution in [2.75, 3.05) is 26.2 Å². The van der Waals surface area contributed by atoms with Gasteiger partial charge in [-0.1, -0.05) is 5.16 Å². The molecule has 10 heteroatoms. The molecular formula is C17H31IN6O3. The number of aliphatic imine (C=N–C) groups is 1. The molecule has 1 amide bonds. The highest BCUT2D eigenvalue weighted by molar-refractivity contribution is 14.0. The van der Waals surface area contributed by atoms with Crippen molar-refractivity contribution >= 4 is 36.0 Å². The third-order valence-corrected chi connectivity index (χ3v) is 3.61. The Balaban J connectivity index is 0.00000364. The highest BCUT2D eigenvalue weighted by atomic mass is 127. The molecular weight excluding hydrogens is 463 g/mol. The molecule has 9 nitrogen and oxygen atoms in total.